The summed E-state index contributed by atoms with van der Waals surface area (Å²) >= 11 is 2.03. The van der Waals surface area contributed by atoms with Gasteiger partial charge in [0.25, 0.3) is 0 Å². The molecule has 0 saturated carbocycles. The van der Waals surface area contributed by atoms with Crippen LogP contribution in [0, 0.1) is 3.57 Å². The van der Waals surface area contributed by atoms with E-state index in [9.17, 15) is 4.79 Å². The fraction of sp³-hybridized carbons (Fsp3) is 0. The molecule has 0 fully saturated rings. The van der Waals surface area contributed by atoms with Crippen LogP contribution in [0.1, 0.15) is 10.4 Å². The van der Waals surface area contributed by atoms with E-state index < -0.39 is 5.78 Å². The standard InChI is InChI=1S/C8H4IN2O/c9-7-4-2-1-3-6(7)8(12)5-11-10/h1-4H/q-1. The molecule has 0 N–H and O–H groups in total. The van der Waals surface area contributed by atoms with E-state index >= 15 is 0 Å². The minimum atomic E-state index is -0.414. The maximum absolute atomic E-state index is 11.1. The first-order valence-electron chi connectivity index (χ1n) is 3.14. The molecule has 0 heterocycles. The van der Waals surface area contributed by atoms with Crippen LogP contribution in [-0.2, 0) is 0 Å². The maximum Gasteiger partial charge on any atom is 0.226 e. The monoisotopic (exact) mass is 271 g/mol. The van der Waals surface area contributed by atoms with Crippen LogP contribution in [0.5, 0.6) is 0 Å². The van der Waals surface area contributed by atoms with Gasteiger partial charge in [0.05, 0.1) is 0 Å². The van der Waals surface area contributed by atoms with E-state index in [1.807, 2.05) is 34.9 Å². The topological polar surface area (TPSA) is 53.5 Å². The fourth-order valence-electron chi connectivity index (χ4n) is 0.751. The molecule has 60 valence electrons. The van der Waals surface area contributed by atoms with Gasteiger partial charge in [0.1, 0.15) is 5.78 Å². The number of hydrogen-bond acceptors (Lipinski definition) is 1. The van der Waals surface area contributed by atoms with E-state index in [1.165, 1.54) is 0 Å². The Labute approximate surface area is 83.2 Å². The Morgan fingerprint density at radius 3 is 2.75 bits per heavy atom. The van der Waals surface area contributed by atoms with Gasteiger partial charge in [-0.2, -0.15) is 0 Å². The summed E-state index contributed by atoms with van der Waals surface area (Å²) in [4.78, 5) is 13.6. The molecule has 0 spiro atoms. The molecule has 0 aliphatic rings. The summed E-state index contributed by atoms with van der Waals surface area (Å²) in [6, 6.07) is 7.03. The molecule has 0 bridgehead atoms. The van der Waals surface area contributed by atoms with Crippen molar-refractivity contribution in [2.45, 2.75) is 0 Å². The van der Waals surface area contributed by atoms with Crippen LogP contribution in [0.25, 0.3) is 5.53 Å². The predicted molar refractivity (Wildman–Crippen MR) is 52.1 cm³/mol. The van der Waals surface area contributed by atoms with Gasteiger partial charge in [-0.3, -0.25) is 4.79 Å². The fourth-order valence-corrected chi connectivity index (χ4v) is 1.38. The molecular weight excluding hydrogens is 267 g/mol. The molecule has 0 atom stereocenters. The van der Waals surface area contributed by atoms with Crippen LogP contribution < -0.4 is 0 Å². The quantitative estimate of drug-likeness (QED) is 0.201. The zero-order valence-electron chi connectivity index (χ0n) is 5.99. The largest absolute Gasteiger partial charge is 0.385 e. The number of nitrogens with zero attached hydrogens (tertiary/aromatic N) is 2. The maximum atomic E-state index is 11.1. The van der Waals surface area contributed by atoms with Gasteiger partial charge in [-0.05, 0) is 0 Å². The number of benzene rings is 1. The third-order valence-corrected chi connectivity index (χ3v) is 2.21. The first kappa shape index (κ1) is 9.09. The van der Waals surface area contributed by atoms with Crippen molar-refractivity contribution in [3.8, 4) is 0 Å². The van der Waals surface area contributed by atoms with Gasteiger partial charge in [-0.1, -0.05) is 44.4 Å². The molecule has 1 aromatic carbocycles. The Hall–Kier alpha value is -1.000. The molecule has 0 unspecified atom stereocenters. The van der Waals surface area contributed by atoms with E-state index in [-0.39, 0.29) is 0 Å². The van der Waals surface area contributed by atoms with Gasteiger partial charge in [0.15, 0.2) is 0 Å². The Kier molecular flexibility index (Phi) is 3.13. The van der Waals surface area contributed by atoms with Crippen molar-refractivity contribution in [2.75, 3.05) is 0 Å². The molecule has 1 aromatic rings. The van der Waals surface area contributed by atoms with Crippen LogP contribution in [0.15, 0.2) is 24.3 Å². The number of ketones is 1. The van der Waals surface area contributed by atoms with Gasteiger partial charge in [-0.15, -0.1) is 11.6 Å². The summed E-state index contributed by atoms with van der Waals surface area (Å²) in [6.45, 7) is 0. The Morgan fingerprint density at radius 2 is 2.17 bits per heavy atom. The molecule has 0 aliphatic heterocycles. The van der Waals surface area contributed by atoms with Crippen molar-refractivity contribution in [1.29, 1.82) is 0 Å². The van der Waals surface area contributed by atoms with Crippen LogP contribution in [0.4, 0.5) is 0 Å². The van der Waals surface area contributed by atoms with Crippen molar-refractivity contribution in [2.24, 2.45) is 0 Å². The van der Waals surface area contributed by atoms with E-state index in [0.29, 0.717) is 5.56 Å². The molecule has 1 rings (SSSR count). The molecular formula is C8H4IN2O-. The summed E-state index contributed by atoms with van der Waals surface area (Å²) in [7, 11) is 0. The lowest BCUT2D eigenvalue weighted by molar-refractivity contribution is 0.00234. The van der Waals surface area contributed by atoms with Crippen molar-refractivity contribution in [1.82, 2.24) is 0 Å². The van der Waals surface area contributed by atoms with Gasteiger partial charge < -0.3 is 10.3 Å². The first-order chi connectivity index (χ1) is 5.75. The number of carbonyl (C=O) groups excluding carboxylic acids is 1. The molecule has 0 aromatic heterocycles. The number of carbonyl (C=O) groups is 1. The molecule has 4 heteroatoms. The van der Waals surface area contributed by atoms with Crippen molar-refractivity contribution in [3.63, 3.8) is 0 Å². The number of halogens is 1. The lowest BCUT2D eigenvalue weighted by Crippen LogP contribution is -2.02. The lowest BCUT2D eigenvalue weighted by Gasteiger charge is -2.04. The normalized spacial score (nSPS) is 8.75. The second kappa shape index (κ2) is 4.13. The zero-order chi connectivity index (χ0) is 8.97. The van der Waals surface area contributed by atoms with E-state index in [4.69, 9.17) is 5.53 Å². The highest BCUT2D eigenvalue weighted by Gasteiger charge is 1.97. The second-order valence-corrected chi connectivity index (χ2v) is 3.18. The minimum absolute atomic E-state index is 0.414. The first-order valence-corrected chi connectivity index (χ1v) is 4.22. The second-order valence-electron chi connectivity index (χ2n) is 2.02. The Bertz CT molecular complexity index is 356. The summed E-state index contributed by atoms with van der Waals surface area (Å²) < 4.78 is 0.816. The molecule has 0 radical (unpaired) electrons. The molecule has 3 nitrogen and oxygen atoms in total. The van der Waals surface area contributed by atoms with Crippen molar-refractivity contribution >= 4 is 34.6 Å². The van der Waals surface area contributed by atoms with Gasteiger partial charge in [0, 0.05) is 0 Å². The van der Waals surface area contributed by atoms with Gasteiger partial charge >= 0.3 is 0 Å². The highest BCUT2D eigenvalue weighted by atomic mass is 127. The lowest BCUT2D eigenvalue weighted by atomic mass is 10.1. The van der Waals surface area contributed by atoms with Crippen LogP contribution >= 0.6 is 22.6 Å². The van der Waals surface area contributed by atoms with Crippen LogP contribution in [0.3, 0.4) is 0 Å². The van der Waals surface area contributed by atoms with E-state index in [0.717, 1.165) is 3.57 Å². The zero-order valence-corrected chi connectivity index (χ0v) is 8.15. The average Bonchev–Trinajstić information content (AvgIpc) is 2.05. The average molecular weight is 271 g/mol. The molecule has 12 heavy (non-hydrogen) atoms. The summed E-state index contributed by atoms with van der Waals surface area (Å²) in [5.41, 5.74) is 8.58. The smallest absolute Gasteiger partial charge is 0.226 e. The summed E-state index contributed by atoms with van der Waals surface area (Å²) in [5, 5.41) is 0. The van der Waals surface area contributed by atoms with Crippen LogP contribution in [-0.4, -0.2) is 16.8 Å². The number of Topliss-reactive ketones (excluding diaryl/α,β-unsaturated/α-hetero) is 1. The van der Waals surface area contributed by atoms with Crippen molar-refractivity contribution in [3.05, 3.63) is 38.9 Å². The predicted octanol–water partition coefficient (Wildman–Crippen LogP) is 1.65. The number of hydrogen-bond donors (Lipinski definition) is 0. The van der Waals surface area contributed by atoms with Crippen LogP contribution in [0.2, 0.25) is 0 Å². The van der Waals surface area contributed by atoms with Crippen molar-refractivity contribution < 1.29 is 9.58 Å². The third-order valence-electron chi connectivity index (χ3n) is 1.27. The SMILES string of the molecule is [N-]=[N+]=[C-]C(=O)c1ccccc1I. The highest BCUT2D eigenvalue weighted by molar-refractivity contribution is 14.1. The van der Waals surface area contributed by atoms with E-state index in [1.54, 1.807) is 18.2 Å². The third kappa shape index (κ3) is 1.99. The van der Waals surface area contributed by atoms with E-state index in [2.05, 4.69) is 4.79 Å². The highest BCUT2D eigenvalue weighted by Crippen LogP contribution is 2.10. The minimum Gasteiger partial charge on any atom is -0.385 e. The van der Waals surface area contributed by atoms with Gasteiger partial charge in [0.2, 0.25) is 6.21 Å². The Morgan fingerprint density at radius 1 is 1.50 bits per heavy atom. The summed E-state index contributed by atoms with van der Waals surface area (Å²) in [5.74, 6) is -0.414. The molecule has 0 amide bonds. The molecule has 0 saturated heterocycles. The number of rotatable bonds is 2. The summed E-state index contributed by atoms with van der Waals surface area (Å²) in [6.07, 6.45) is 1.94. The van der Waals surface area contributed by atoms with Gasteiger partial charge in [-0.25, -0.2) is 0 Å². The Balaban J connectivity index is 3.11. The molecule has 0 aliphatic carbocycles.